The van der Waals surface area contributed by atoms with Crippen molar-refractivity contribution in [1.82, 2.24) is 5.32 Å². The summed E-state index contributed by atoms with van der Waals surface area (Å²) in [6.07, 6.45) is 7.79. The summed E-state index contributed by atoms with van der Waals surface area (Å²) in [5.74, 6) is 1.91. The molecular weight excluding hydrogens is 282 g/mol. The van der Waals surface area contributed by atoms with Crippen LogP contribution in [0, 0.1) is 28.6 Å². The summed E-state index contributed by atoms with van der Waals surface area (Å²) in [5.41, 5.74) is 0.800. The van der Waals surface area contributed by atoms with Crippen molar-refractivity contribution in [3.05, 3.63) is 0 Å². The van der Waals surface area contributed by atoms with Gasteiger partial charge in [-0.05, 0) is 68.1 Å². The van der Waals surface area contributed by atoms with E-state index in [4.69, 9.17) is 9.84 Å². The molecule has 5 nitrogen and oxygen atoms in total. The summed E-state index contributed by atoms with van der Waals surface area (Å²) in [5, 5.41) is 9.64. The molecule has 4 fully saturated rings. The van der Waals surface area contributed by atoms with Gasteiger partial charge < -0.3 is 15.2 Å². The van der Waals surface area contributed by atoms with E-state index >= 15 is 0 Å². The maximum absolute atomic E-state index is 11.9. The monoisotopic (exact) mass is 308 g/mol. The molecule has 0 aromatic heterocycles. The molecule has 0 radical (unpaired) electrons. The molecule has 0 aromatic carbocycles. The lowest BCUT2D eigenvalue weighted by molar-refractivity contribution is -0.139. The molecule has 122 valence electrons. The molecule has 3 N–H and O–H groups in total. The zero-order chi connectivity index (χ0) is 15.5. The zero-order valence-corrected chi connectivity index (χ0v) is 13.2. The van der Waals surface area contributed by atoms with Gasteiger partial charge in [0.1, 0.15) is 0 Å². The summed E-state index contributed by atoms with van der Waals surface area (Å²) in [6.45, 7) is 2.27. The second kappa shape index (κ2) is 4.62. The first kappa shape index (κ1) is 14.3. The summed E-state index contributed by atoms with van der Waals surface area (Å²) in [6, 6.07) is -0.740. The minimum Gasteiger partial charge on any atom is -0.563 e. The topological polar surface area (TPSA) is 78.3 Å². The highest BCUT2D eigenvalue weighted by molar-refractivity contribution is 5.79. The Morgan fingerprint density at radius 2 is 2.09 bits per heavy atom. The SMILES string of the molecule is CC[C@H](NC(=O)OCC12CC3CC4CC(C1)C4(C3)C2)C(=O)[OH2+]. The van der Waals surface area contributed by atoms with E-state index in [1.165, 1.54) is 38.5 Å². The molecule has 4 aliphatic rings. The molecule has 4 rings (SSSR count). The van der Waals surface area contributed by atoms with Crippen LogP contribution in [0.15, 0.2) is 0 Å². The normalized spacial score (nSPS) is 45.0. The lowest BCUT2D eigenvalue weighted by Crippen LogP contribution is -2.43. The van der Waals surface area contributed by atoms with Crippen molar-refractivity contribution in [2.24, 2.45) is 28.6 Å². The highest BCUT2D eigenvalue weighted by Gasteiger charge is 2.70. The standard InChI is InChI=1S/C17H25NO4/c1-2-13(14(19)20)18-15(21)22-9-16-5-10-3-11-4-12(7-16)17(11,6-10)8-16/h10-13H,2-9H2,1H3,(H,18,21)(H,19,20)/p+1/t10?,11?,12?,13-,16?,17?/m0/s1. The second-order valence-electron chi connectivity index (χ2n) is 8.30. The number of hydrogen-bond donors (Lipinski definition) is 1. The molecule has 0 aromatic rings. The summed E-state index contributed by atoms with van der Waals surface area (Å²) in [4.78, 5) is 23.0. The van der Waals surface area contributed by atoms with Crippen LogP contribution in [0.1, 0.15) is 51.9 Å². The first-order valence-corrected chi connectivity index (χ1v) is 8.65. The number of nitrogens with one attached hydrogen (secondary N) is 1. The summed E-state index contributed by atoms with van der Waals surface area (Å²) >= 11 is 0. The molecule has 4 aliphatic carbocycles. The zero-order valence-electron chi connectivity index (χ0n) is 13.2. The average molecular weight is 308 g/mol. The van der Waals surface area contributed by atoms with Gasteiger partial charge in [0, 0.05) is 10.2 Å². The van der Waals surface area contributed by atoms with Gasteiger partial charge in [-0.25, -0.2) is 4.79 Å². The number of carbonyl (C=O) groups is 2. The molecule has 22 heavy (non-hydrogen) atoms. The minimum absolute atomic E-state index is 0.197. The van der Waals surface area contributed by atoms with Crippen molar-refractivity contribution in [1.29, 1.82) is 0 Å². The van der Waals surface area contributed by atoms with Gasteiger partial charge in [0.25, 0.3) is 0 Å². The molecule has 3 bridgehead atoms. The number of fused-ring (bicyclic) bond motifs is 2. The molecule has 6 atom stereocenters. The number of alkyl carbamates (subject to hydrolysis) is 1. The van der Waals surface area contributed by atoms with Crippen molar-refractivity contribution in [3.63, 3.8) is 0 Å². The fourth-order valence-electron chi connectivity index (χ4n) is 6.46. The van der Waals surface area contributed by atoms with E-state index in [1.807, 2.05) is 0 Å². The van der Waals surface area contributed by atoms with Crippen LogP contribution in [-0.4, -0.2) is 29.8 Å². The Labute approximate surface area is 130 Å². The molecule has 0 aliphatic heterocycles. The van der Waals surface area contributed by atoms with Crippen molar-refractivity contribution in [2.75, 3.05) is 6.61 Å². The van der Waals surface area contributed by atoms with Gasteiger partial charge in [-0.15, -0.1) is 0 Å². The van der Waals surface area contributed by atoms with Crippen LogP contribution in [0.3, 0.4) is 0 Å². The van der Waals surface area contributed by atoms with Crippen LogP contribution in [0.4, 0.5) is 4.79 Å². The quantitative estimate of drug-likeness (QED) is 0.789. The molecule has 5 unspecified atom stereocenters. The molecule has 4 saturated carbocycles. The van der Waals surface area contributed by atoms with E-state index in [9.17, 15) is 9.59 Å². The van der Waals surface area contributed by atoms with Crippen LogP contribution >= 0.6 is 0 Å². The van der Waals surface area contributed by atoms with Gasteiger partial charge in [-0.1, -0.05) is 6.92 Å². The smallest absolute Gasteiger partial charge is 0.538 e. The van der Waals surface area contributed by atoms with Gasteiger partial charge in [-0.2, -0.15) is 0 Å². The fraction of sp³-hybridized carbons (Fsp3) is 0.882. The van der Waals surface area contributed by atoms with Gasteiger partial charge in [-0.3, -0.25) is 0 Å². The highest BCUT2D eigenvalue weighted by atomic mass is 16.5. The molecular formula is C17H26NO4+. The van der Waals surface area contributed by atoms with Crippen molar-refractivity contribution in [2.45, 2.75) is 57.9 Å². The number of hydrogen-bond acceptors (Lipinski definition) is 3. The molecule has 1 spiro atoms. The first-order valence-electron chi connectivity index (χ1n) is 8.65. The highest BCUT2D eigenvalue weighted by Crippen LogP contribution is 2.78. The van der Waals surface area contributed by atoms with E-state index in [-0.39, 0.29) is 5.41 Å². The maximum Gasteiger partial charge on any atom is 0.538 e. The van der Waals surface area contributed by atoms with Crippen molar-refractivity contribution >= 4 is 12.1 Å². The van der Waals surface area contributed by atoms with E-state index in [2.05, 4.69) is 5.32 Å². The third kappa shape index (κ3) is 1.90. The third-order valence-electron chi connectivity index (χ3n) is 7.11. The second-order valence-corrected chi connectivity index (χ2v) is 8.30. The largest absolute Gasteiger partial charge is 0.563 e. The minimum atomic E-state index is -0.756. The van der Waals surface area contributed by atoms with E-state index < -0.39 is 18.1 Å². The maximum atomic E-state index is 11.9. The summed E-state index contributed by atoms with van der Waals surface area (Å²) < 4.78 is 5.49. The molecule has 0 saturated heterocycles. The van der Waals surface area contributed by atoms with E-state index in [0.29, 0.717) is 18.4 Å². The third-order valence-corrected chi connectivity index (χ3v) is 7.11. The molecule has 1 amide bonds. The fourth-order valence-corrected chi connectivity index (χ4v) is 6.46. The Bertz CT molecular complexity index is 517. The number of rotatable bonds is 5. The van der Waals surface area contributed by atoms with Crippen LogP contribution in [-0.2, 0) is 9.53 Å². The molecule has 0 heterocycles. The van der Waals surface area contributed by atoms with Crippen LogP contribution < -0.4 is 5.32 Å². The van der Waals surface area contributed by atoms with Crippen LogP contribution in [0.5, 0.6) is 0 Å². The van der Waals surface area contributed by atoms with Gasteiger partial charge in [0.05, 0.1) is 6.61 Å². The Balaban J connectivity index is 1.37. The van der Waals surface area contributed by atoms with Crippen LogP contribution in [0.2, 0.25) is 0 Å². The lowest BCUT2D eigenvalue weighted by atomic mass is 9.55. The Morgan fingerprint density at radius 3 is 2.82 bits per heavy atom. The Kier molecular flexibility index (Phi) is 3.01. The Morgan fingerprint density at radius 1 is 1.27 bits per heavy atom. The lowest BCUT2D eigenvalue weighted by Gasteiger charge is -2.49. The van der Waals surface area contributed by atoms with E-state index in [0.717, 1.165) is 17.8 Å². The van der Waals surface area contributed by atoms with Crippen molar-refractivity contribution in [3.8, 4) is 0 Å². The van der Waals surface area contributed by atoms with E-state index in [1.54, 1.807) is 6.92 Å². The average Bonchev–Trinajstić information content (AvgIpc) is 2.78. The van der Waals surface area contributed by atoms with Gasteiger partial charge in [0.15, 0.2) is 6.04 Å². The van der Waals surface area contributed by atoms with Crippen molar-refractivity contribution < 1.29 is 19.4 Å². The summed E-state index contributed by atoms with van der Waals surface area (Å²) in [7, 11) is 0. The van der Waals surface area contributed by atoms with Gasteiger partial charge >= 0.3 is 12.1 Å². The predicted octanol–water partition coefficient (Wildman–Crippen LogP) is 1.96. The number of ether oxygens (including phenoxy) is 1. The Hall–Kier alpha value is -1.26. The first-order chi connectivity index (χ1) is 10.5. The molecule has 5 heteroatoms. The van der Waals surface area contributed by atoms with Gasteiger partial charge in [0.2, 0.25) is 0 Å². The number of carbonyl (C=O) groups excluding carboxylic acids is 2. The predicted molar refractivity (Wildman–Crippen MR) is 80.2 cm³/mol. The van der Waals surface area contributed by atoms with Crippen LogP contribution in [0.25, 0.3) is 0 Å². The number of amides is 1.